The standard InChI is InChI=1S/C21H28N4O3S2/c1-3-12-25-19(16-30(27,28)18-10-8-17(2)9-11-18)22-23-21(25)29-15-20(26)24-13-6-4-5-7-14-24/h3,8-11H,1,4-7,12-16H2,2H3. The van der Waals surface area contributed by atoms with Crippen molar-refractivity contribution in [1.82, 2.24) is 19.7 Å². The molecule has 1 aliphatic heterocycles. The number of thioether (sulfide) groups is 1. The highest BCUT2D eigenvalue weighted by molar-refractivity contribution is 7.99. The van der Waals surface area contributed by atoms with Crippen LogP contribution in [0.15, 0.2) is 47.0 Å². The van der Waals surface area contributed by atoms with Gasteiger partial charge in [0.15, 0.2) is 15.0 Å². The fraction of sp³-hybridized carbons (Fsp3) is 0.476. The van der Waals surface area contributed by atoms with Gasteiger partial charge in [-0.3, -0.25) is 4.79 Å². The van der Waals surface area contributed by atoms with Crippen molar-refractivity contribution >= 4 is 27.5 Å². The molecule has 0 bridgehead atoms. The Bertz CT molecular complexity index is 976. The molecule has 0 saturated carbocycles. The van der Waals surface area contributed by atoms with Gasteiger partial charge in [-0.2, -0.15) is 0 Å². The molecule has 0 unspecified atom stereocenters. The lowest BCUT2D eigenvalue weighted by Gasteiger charge is -2.19. The van der Waals surface area contributed by atoms with Crippen molar-refractivity contribution in [3.63, 3.8) is 0 Å². The number of amides is 1. The van der Waals surface area contributed by atoms with Crippen molar-refractivity contribution in [3.05, 3.63) is 48.3 Å². The molecule has 1 aromatic carbocycles. The summed E-state index contributed by atoms with van der Waals surface area (Å²) in [5.41, 5.74) is 0.997. The third kappa shape index (κ3) is 5.72. The second-order valence-electron chi connectivity index (χ2n) is 7.45. The average Bonchev–Trinajstić information content (AvgIpc) is 2.92. The predicted molar refractivity (Wildman–Crippen MR) is 118 cm³/mol. The van der Waals surface area contributed by atoms with Crippen molar-refractivity contribution in [2.45, 2.75) is 55.0 Å². The third-order valence-electron chi connectivity index (χ3n) is 5.09. The Morgan fingerprint density at radius 2 is 1.80 bits per heavy atom. The Morgan fingerprint density at radius 3 is 2.43 bits per heavy atom. The molecule has 1 aromatic heterocycles. The van der Waals surface area contributed by atoms with E-state index in [4.69, 9.17) is 0 Å². The highest BCUT2D eigenvalue weighted by Gasteiger charge is 2.22. The molecule has 1 fully saturated rings. The van der Waals surface area contributed by atoms with Crippen LogP contribution in [-0.4, -0.2) is 52.8 Å². The molecule has 0 spiro atoms. The number of carbonyl (C=O) groups excluding carboxylic acids is 1. The smallest absolute Gasteiger partial charge is 0.233 e. The number of rotatable bonds is 8. The van der Waals surface area contributed by atoms with E-state index in [1.165, 1.54) is 24.6 Å². The van der Waals surface area contributed by atoms with E-state index in [1.807, 2.05) is 11.8 Å². The van der Waals surface area contributed by atoms with E-state index in [2.05, 4.69) is 16.8 Å². The molecule has 1 amide bonds. The molecule has 7 nitrogen and oxygen atoms in total. The topological polar surface area (TPSA) is 85.2 Å². The monoisotopic (exact) mass is 448 g/mol. The maximum Gasteiger partial charge on any atom is 0.233 e. The average molecular weight is 449 g/mol. The van der Waals surface area contributed by atoms with E-state index >= 15 is 0 Å². The van der Waals surface area contributed by atoms with Crippen LogP contribution in [0, 0.1) is 6.92 Å². The Kier molecular flexibility index (Phi) is 7.71. The molecule has 0 N–H and O–H groups in total. The molecule has 1 saturated heterocycles. The maximum absolute atomic E-state index is 12.8. The zero-order valence-electron chi connectivity index (χ0n) is 17.3. The second-order valence-corrected chi connectivity index (χ2v) is 10.4. The van der Waals surface area contributed by atoms with Crippen LogP contribution >= 0.6 is 11.8 Å². The summed E-state index contributed by atoms with van der Waals surface area (Å²) in [6.07, 6.45) is 6.10. The summed E-state index contributed by atoms with van der Waals surface area (Å²) in [4.78, 5) is 14.7. The van der Waals surface area contributed by atoms with Crippen LogP contribution in [-0.2, 0) is 26.9 Å². The number of sulfone groups is 1. The molecule has 2 aromatic rings. The first-order valence-electron chi connectivity index (χ1n) is 10.1. The van der Waals surface area contributed by atoms with E-state index in [-0.39, 0.29) is 22.3 Å². The first-order chi connectivity index (χ1) is 14.4. The van der Waals surface area contributed by atoms with Gasteiger partial charge in [0, 0.05) is 19.6 Å². The number of aryl methyl sites for hydroxylation is 1. The Balaban J connectivity index is 1.72. The number of hydrogen-bond acceptors (Lipinski definition) is 6. The number of hydrogen-bond donors (Lipinski definition) is 0. The minimum atomic E-state index is -3.55. The van der Waals surface area contributed by atoms with Gasteiger partial charge in [-0.25, -0.2) is 8.42 Å². The molecule has 0 aliphatic carbocycles. The minimum Gasteiger partial charge on any atom is -0.342 e. The maximum atomic E-state index is 12.8. The first-order valence-corrected chi connectivity index (χ1v) is 12.8. The van der Waals surface area contributed by atoms with E-state index in [0.717, 1.165) is 31.5 Å². The summed E-state index contributed by atoms with van der Waals surface area (Å²) >= 11 is 1.30. The number of allylic oxidation sites excluding steroid dienone is 1. The molecule has 0 radical (unpaired) electrons. The van der Waals surface area contributed by atoms with Crippen LogP contribution in [0.25, 0.3) is 0 Å². The number of aromatic nitrogens is 3. The number of carbonyl (C=O) groups is 1. The minimum absolute atomic E-state index is 0.0869. The van der Waals surface area contributed by atoms with Crippen molar-refractivity contribution in [3.8, 4) is 0 Å². The van der Waals surface area contributed by atoms with Crippen molar-refractivity contribution in [1.29, 1.82) is 0 Å². The normalized spacial score (nSPS) is 15.0. The van der Waals surface area contributed by atoms with Crippen LogP contribution in [0.4, 0.5) is 0 Å². The van der Waals surface area contributed by atoms with Gasteiger partial charge >= 0.3 is 0 Å². The second kappa shape index (κ2) is 10.3. The van der Waals surface area contributed by atoms with Gasteiger partial charge in [-0.05, 0) is 31.9 Å². The fourth-order valence-electron chi connectivity index (χ4n) is 3.38. The lowest BCUT2D eigenvalue weighted by Crippen LogP contribution is -2.33. The Hall–Kier alpha value is -2.13. The van der Waals surface area contributed by atoms with E-state index in [9.17, 15) is 13.2 Å². The quantitative estimate of drug-likeness (QED) is 0.455. The summed E-state index contributed by atoms with van der Waals surface area (Å²) in [6.45, 7) is 7.65. The molecule has 30 heavy (non-hydrogen) atoms. The highest BCUT2D eigenvalue weighted by Crippen LogP contribution is 2.22. The summed E-state index contributed by atoms with van der Waals surface area (Å²) in [5, 5.41) is 8.80. The van der Waals surface area contributed by atoms with E-state index in [1.54, 1.807) is 34.9 Å². The zero-order chi connectivity index (χ0) is 21.6. The molecule has 1 aliphatic rings. The number of likely N-dealkylation sites (tertiary alicyclic amines) is 1. The Labute approximate surface area is 182 Å². The van der Waals surface area contributed by atoms with Gasteiger partial charge in [-0.15, -0.1) is 16.8 Å². The molecular formula is C21H28N4O3S2. The molecule has 2 heterocycles. The van der Waals surface area contributed by atoms with Crippen molar-refractivity contribution < 1.29 is 13.2 Å². The number of benzene rings is 1. The predicted octanol–water partition coefficient (Wildman–Crippen LogP) is 3.24. The van der Waals surface area contributed by atoms with Gasteiger partial charge in [0.25, 0.3) is 0 Å². The van der Waals surface area contributed by atoms with Crippen LogP contribution < -0.4 is 0 Å². The van der Waals surface area contributed by atoms with Gasteiger partial charge in [0.2, 0.25) is 5.91 Å². The third-order valence-corrected chi connectivity index (χ3v) is 7.67. The lowest BCUT2D eigenvalue weighted by molar-refractivity contribution is -0.128. The van der Waals surface area contributed by atoms with Gasteiger partial charge < -0.3 is 9.47 Å². The first kappa shape index (κ1) is 22.6. The zero-order valence-corrected chi connectivity index (χ0v) is 18.9. The number of nitrogens with zero attached hydrogens (tertiary/aromatic N) is 4. The van der Waals surface area contributed by atoms with Gasteiger partial charge in [0.05, 0.1) is 10.6 Å². The van der Waals surface area contributed by atoms with Crippen LogP contribution in [0.1, 0.15) is 37.1 Å². The summed E-state index contributed by atoms with van der Waals surface area (Å²) in [7, 11) is -3.55. The van der Waals surface area contributed by atoms with Gasteiger partial charge in [0.1, 0.15) is 11.6 Å². The molecule has 3 rings (SSSR count). The van der Waals surface area contributed by atoms with Crippen molar-refractivity contribution in [2.24, 2.45) is 0 Å². The molecule has 9 heteroatoms. The molecule has 162 valence electrons. The SMILES string of the molecule is C=CCn1c(CS(=O)(=O)c2ccc(C)cc2)nnc1SCC(=O)N1CCCCCC1. The summed E-state index contributed by atoms with van der Waals surface area (Å²) in [6, 6.07) is 6.76. The van der Waals surface area contributed by atoms with Crippen LogP contribution in [0.3, 0.4) is 0 Å². The van der Waals surface area contributed by atoms with Crippen molar-refractivity contribution in [2.75, 3.05) is 18.8 Å². The van der Waals surface area contributed by atoms with Crippen LogP contribution in [0.5, 0.6) is 0 Å². The van der Waals surface area contributed by atoms with E-state index < -0.39 is 9.84 Å². The highest BCUT2D eigenvalue weighted by atomic mass is 32.2. The van der Waals surface area contributed by atoms with E-state index in [0.29, 0.717) is 17.5 Å². The molecule has 0 atom stereocenters. The van der Waals surface area contributed by atoms with Gasteiger partial charge in [-0.1, -0.05) is 48.4 Å². The van der Waals surface area contributed by atoms with Crippen LogP contribution in [0.2, 0.25) is 0 Å². The summed E-state index contributed by atoms with van der Waals surface area (Å²) in [5.74, 6) is 0.446. The lowest BCUT2D eigenvalue weighted by atomic mass is 10.2. The summed E-state index contributed by atoms with van der Waals surface area (Å²) < 4.78 is 27.3. The Morgan fingerprint density at radius 1 is 1.13 bits per heavy atom. The fourth-order valence-corrected chi connectivity index (χ4v) is 5.52. The largest absolute Gasteiger partial charge is 0.342 e. The molecular weight excluding hydrogens is 420 g/mol.